The molecule has 1 rings (SSSR count). The van der Waals surface area contributed by atoms with E-state index in [4.69, 9.17) is 5.73 Å². The molecule has 1 aromatic rings. The highest BCUT2D eigenvalue weighted by Gasteiger charge is 2.26. The fraction of sp³-hybridized carbons (Fsp3) is 0.538. The molecule has 1 nitrogen and oxygen atoms in total. The van der Waals surface area contributed by atoms with Crippen molar-refractivity contribution < 1.29 is 0 Å². The Bertz CT molecular complexity index is 266. The largest absolute Gasteiger partial charge is 0.325 e. The lowest BCUT2D eigenvalue weighted by molar-refractivity contribution is 0.296. The second kappa shape index (κ2) is 4.61. The summed E-state index contributed by atoms with van der Waals surface area (Å²) in [6, 6.07) is 10.5. The van der Waals surface area contributed by atoms with Gasteiger partial charge in [0, 0.05) is 5.54 Å². The zero-order valence-corrected chi connectivity index (χ0v) is 9.46. The van der Waals surface area contributed by atoms with Crippen molar-refractivity contribution in [2.45, 2.75) is 39.2 Å². The van der Waals surface area contributed by atoms with Crippen LogP contribution in [0.1, 0.15) is 32.8 Å². The average Bonchev–Trinajstić information content (AvgIpc) is 2.19. The molecule has 2 N–H and O–H groups in total. The Morgan fingerprint density at radius 1 is 1.21 bits per heavy atom. The Morgan fingerprint density at radius 3 is 2.21 bits per heavy atom. The van der Waals surface area contributed by atoms with Gasteiger partial charge in [0.25, 0.3) is 0 Å². The fourth-order valence-corrected chi connectivity index (χ4v) is 1.71. The van der Waals surface area contributed by atoms with Gasteiger partial charge in [0.05, 0.1) is 0 Å². The molecule has 0 amide bonds. The van der Waals surface area contributed by atoms with E-state index in [1.165, 1.54) is 5.56 Å². The van der Waals surface area contributed by atoms with Crippen molar-refractivity contribution in [1.29, 1.82) is 0 Å². The van der Waals surface area contributed by atoms with Crippen molar-refractivity contribution in [3.8, 4) is 0 Å². The molecule has 1 heteroatoms. The Labute approximate surface area is 87.3 Å². The quantitative estimate of drug-likeness (QED) is 0.778. The third kappa shape index (κ3) is 2.58. The van der Waals surface area contributed by atoms with Gasteiger partial charge in [0.1, 0.15) is 0 Å². The van der Waals surface area contributed by atoms with Gasteiger partial charge >= 0.3 is 0 Å². The maximum absolute atomic E-state index is 6.37. The summed E-state index contributed by atoms with van der Waals surface area (Å²) in [7, 11) is 0. The summed E-state index contributed by atoms with van der Waals surface area (Å²) in [5.41, 5.74) is 7.66. The van der Waals surface area contributed by atoms with Crippen molar-refractivity contribution in [2.75, 3.05) is 0 Å². The predicted octanol–water partition coefficient (Wildman–Crippen LogP) is 2.99. The third-order valence-corrected chi connectivity index (χ3v) is 3.18. The first kappa shape index (κ1) is 11.3. The normalized spacial score (nSPS) is 15.5. The molecule has 0 fully saturated rings. The average molecular weight is 191 g/mol. The van der Waals surface area contributed by atoms with Crippen LogP contribution in [0.2, 0.25) is 0 Å². The number of rotatable bonds is 4. The molecule has 0 aliphatic rings. The SMILES string of the molecule is CCC(N)(Cc1ccccc1)C(C)C. The van der Waals surface area contributed by atoms with Gasteiger partial charge < -0.3 is 5.73 Å². The van der Waals surface area contributed by atoms with Crippen LogP contribution in [-0.2, 0) is 6.42 Å². The maximum Gasteiger partial charge on any atom is 0.0215 e. The third-order valence-electron chi connectivity index (χ3n) is 3.18. The zero-order chi connectivity index (χ0) is 10.6. The molecular formula is C13H21N. The van der Waals surface area contributed by atoms with Crippen LogP contribution in [0.5, 0.6) is 0 Å². The molecule has 0 aromatic heterocycles. The summed E-state index contributed by atoms with van der Waals surface area (Å²) in [5, 5.41) is 0. The molecule has 0 spiro atoms. The van der Waals surface area contributed by atoms with E-state index in [0.717, 1.165) is 12.8 Å². The highest BCUT2D eigenvalue weighted by atomic mass is 14.7. The lowest BCUT2D eigenvalue weighted by Gasteiger charge is -2.32. The van der Waals surface area contributed by atoms with Crippen molar-refractivity contribution in [1.82, 2.24) is 0 Å². The lowest BCUT2D eigenvalue weighted by Crippen LogP contribution is -2.46. The first-order chi connectivity index (χ1) is 6.58. The minimum atomic E-state index is -0.0542. The number of hydrogen-bond donors (Lipinski definition) is 1. The zero-order valence-electron chi connectivity index (χ0n) is 9.46. The van der Waals surface area contributed by atoms with Gasteiger partial charge in [-0.3, -0.25) is 0 Å². The molecule has 1 aromatic carbocycles. The summed E-state index contributed by atoms with van der Waals surface area (Å²) in [4.78, 5) is 0. The highest BCUT2D eigenvalue weighted by molar-refractivity contribution is 5.17. The number of nitrogens with two attached hydrogens (primary N) is 1. The maximum atomic E-state index is 6.37. The van der Waals surface area contributed by atoms with Crippen molar-refractivity contribution in [3.05, 3.63) is 35.9 Å². The van der Waals surface area contributed by atoms with Gasteiger partial charge in [-0.05, 0) is 24.3 Å². The Balaban J connectivity index is 2.76. The van der Waals surface area contributed by atoms with E-state index in [1.54, 1.807) is 0 Å². The molecule has 78 valence electrons. The molecule has 0 aliphatic carbocycles. The number of benzene rings is 1. The van der Waals surface area contributed by atoms with Crippen LogP contribution in [0, 0.1) is 5.92 Å². The minimum Gasteiger partial charge on any atom is -0.325 e. The van der Waals surface area contributed by atoms with Gasteiger partial charge in [-0.2, -0.15) is 0 Å². The van der Waals surface area contributed by atoms with Crippen molar-refractivity contribution in [3.63, 3.8) is 0 Å². The van der Waals surface area contributed by atoms with E-state index in [0.29, 0.717) is 5.92 Å². The summed E-state index contributed by atoms with van der Waals surface area (Å²) in [6.45, 7) is 6.57. The van der Waals surface area contributed by atoms with E-state index in [2.05, 4.69) is 45.0 Å². The molecule has 1 atom stereocenters. The van der Waals surface area contributed by atoms with Crippen molar-refractivity contribution >= 4 is 0 Å². The molecule has 0 heterocycles. The van der Waals surface area contributed by atoms with Gasteiger partial charge in [0.2, 0.25) is 0 Å². The van der Waals surface area contributed by atoms with Crippen LogP contribution in [-0.4, -0.2) is 5.54 Å². The first-order valence-corrected chi connectivity index (χ1v) is 5.41. The lowest BCUT2D eigenvalue weighted by atomic mass is 9.80. The minimum absolute atomic E-state index is 0.0542. The van der Waals surface area contributed by atoms with Crippen LogP contribution < -0.4 is 5.73 Å². The van der Waals surface area contributed by atoms with Crippen LogP contribution in [0.25, 0.3) is 0 Å². The van der Waals surface area contributed by atoms with E-state index >= 15 is 0 Å². The highest BCUT2D eigenvalue weighted by Crippen LogP contribution is 2.22. The van der Waals surface area contributed by atoms with E-state index < -0.39 is 0 Å². The van der Waals surface area contributed by atoms with E-state index in [-0.39, 0.29) is 5.54 Å². The van der Waals surface area contributed by atoms with Gasteiger partial charge in [0.15, 0.2) is 0 Å². The van der Waals surface area contributed by atoms with Crippen LogP contribution in [0.4, 0.5) is 0 Å². The molecule has 1 unspecified atom stereocenters. The van der Waals surface area contributed by atoms with Gasteiger partial charge in [-0.1, -0.05) is 51.1 Å². The summed E-state index contributed by atoms with van der Waals surface area (Å²) < 4.78 is 0. The van der Waals surface area contributed by atoms with Crippen LogP contribution in [0.15, 0.2) is 30.3 Å². The summed E-state index contributed by atoms with van der Waals surface area (Å²) in [5.74, 6) is 0.521. The van der Waals surface area contributed by atoms with E-state index in [1.807, 2.05) is 6.07 Å². The van der Waals surface area contributed by atoms with Crippen molar-refractivity contribution in [2.24, 2.45) is 11.7 Å². The molecule has 0 radical (unpaired) electrons. The first-order valence-electron chi connectivity index (χ1n) is 5.41. The topological polar surface area (TPSA) is 26.0 Å². The second-order valence-corrected chi connectivity index (χ2v) is 4.40. The molecule has 0 saturated heterocycles. The second-order valence-electron chi connectivity index (χ2n) is 4.40. The molecular weight excluding hydrogens is 170 g/mol. The molecule has 14 heavy (non-hydrogen) atoms. The Morgan fingerprint density at radius 2 is 1.79 bits per heavy atom. The fourth-order valence-electron chi connectivity index (χ4n) is 1.71. The van der Waals surface area contributed by atoms with Gasteiger partial charge in [-0.25, -0.2) is 0 Å². The summed E-state index contributed by atoms with van der Waals surface area (Å²) >= 11 is 0. The van der Waals surface area contributed by atoms with Crippen LogP contribution in [0.3, 0.4) is 0 Å². The number of hydrogen-bond acceptors (Lipinski definition) is 1. The molecule has 0 bridgehead atoms. The molecule has 0 saturated carbocycles. The molecule has 0 aliphatic heterocycles. The standard InChI is InChI=1S/C13H21N/c1-4-13(14,11(2)3)10-12-8-6-5-7-9-12/h5-9,11H,4,10,14H2,1-3H3. The Hall–Kier alpha value is -0.820. The monoisotopic (exact) mass is 191 g/mol. The van der Waals surface area contributed by atoms with Crippen LogP contribution >= 0.6 is 0 Å². The summed E-state index contributed by atoms with van der Waals surface area (Å²) in [6.07, 6.45) is 2.00. The Kier molecular flexibility index (Phi) is 3.70. The predicted molar refractivity (Wildman–Crippen MR) is 62.2 cm³/mol. The van der Waals surface area contributed by atoms with E-state index in [9.17, 15) is 0 Å². The van der Waals surface area contributed by atoms with Gasteiger partial charge in [-0.15, -0.1) is 0 Å². The smallest absolute Gasteiger partial charge is 0.0215 e.